The molecule has 0 saturated carbocycles. The van der Waals surface area contributed by atoms with Crippen molar-refractivity contribution in [3.05, 3.63) is 95.1 Å². The Kier molecular flexibility index (Phi) is 10.1. The van der Waals surface area contributed by atoms with Crippen molar-refractivity contribution in [2.24, 2.45) is 0 Å². The van der Waals surface area contributed by atoms with Gasteiger partial charge in [-0.1, -0.05) is 24.3 Å². The zero-order valence-corrected chi connectivity index (χ0v) is 20.6. The molecule has 8 heteroatoms. The molecule has 0 aromatic heterocycles. The summed E-state index contributed by atoms with van der Waals surface area (Å²) < 4.78 is 32.7. The van der Waals surface area contributed by atoms with Gasteiger partial charge in [-0.15, -0.1) is 11.8 Å². The highest BCUT2D eigenvalue weighted by atomic mass is 32.2. The Hall–Kier alpha value is -2.94. The van der Waals surface area contributed by atoms with Crippen LogP contribution in [0.15, 0.2) is 71.6 Å². The van der Waals surface area contributed by atoms with Crippen LogP contribution in [0.2, 0.25) is 0 Å². The number of carbonyl (C=O) groups is 1. The Morgan fingerprint density at radius 1 is 1.00 bits per heavy atom. The maximum Gasteiger partial charge on any atom is 0.224 e. The highest BCUT2D eigenvalue weighted by molar-refractivity contribution is 7.98. The SMILES string of the molecule is COc1cccc(CNC[C@@H](O)[C@H](Cc2cc(F)cc(F)c2)NC(=O)Cc2ccc(SC)cc2)c1. The number of hydrogen-bond donors (Lipinski definition) is 3. The maximum absolute atomic E-state index is 13.7. The summed E-state index contributed by atoms with van der Waals surface area (Å²) >= 11 is 1.61. The molecule has 2 atom stereocenters. The predicted molar refractivity (Wildman–Crippen MR) is 135 cm³/mol. The third-order valence-corrected chi connectivity index (χ3v) is 6.27. The van der Waals surface area contributed by atoms with E-state index >= 15 is 0 Å². The Morgan fingerprint density at radius 3 is 2.37 bits per heavy atom. The van der Waals surface area contributed by atoms with Gasteiger partial charge in [-0.2, -0.15) is 0 Å². The van der Waals surface area contributed by atoms with Crippen LogP contribution >= 0.6 is 11.8 Å². The minimum Gasteiger partial charge on any atom is -0.497 e. The van der Waals surface area contributed by atoms with Crippen molar-refractivity contribution in [1.82, 2.24) is 10.6 Å². The first-order valence-electron chi connectivity index (χ1n) is 11.2. The van der Waals surface area contributed by atoms with Gasteiger partial charge in [-0.05, 0) is 65.8 Å². The van der Waals surface area contributed by atoms with Crippen molar-refractivity contribution in [3.8, 4) is 5.75 Å². The van der Waals surface area contributed by atoms with Crippen LogP contribution in [-0.2, 0) is 24.2 Å². The lowest BCUT2D eigenvalue weighted by Crippen LogP contribution is -2.49. The number of aliphatic hydroxyl groups is 1. The number of nitrogens with one attached hydrogen (secondary N) is 2. The van der Waals surface area contributed by atoms with Crippen molar-refractivity contribution in [3.63, 3.8) is 0 Å². The molecule has 1 amide bonds. The van der Waals surface area contributed by atoms with Crippen LogP contribution < -0.4 is 15.4 Å². The topological polar surface area (TPSA) is 70.6 Å². The smallest absolute Gasteiger partial charge is 0.224 e. The molecule has 0 saturated heterocycles. The van der Waals surface area contributed by atoms with Crippen molar-refractivity contribution >= 4 is 17.7 Å². The molecule has 3 rings (SSSR count). The normalized spacial score (nSPS) is 12.7. The second-order valence-electron chi connectivity index (χ2n) is 8.23. The van der Waals surface area contributed by atoms with Crippen LogP contribution in [0.1, 0.15) is 16.7 Å². The quantitative estimate of drug-likeness (QED) is 0.327. The first-order chi connectivity index (χ1) is 16.9. The molecule has 5 nitrogen and oxygen atoms in total. The van der Waals surface area contributed by atoms with Gasteiger partial charge < -0.3 is 20.5 Å². The van der Waals surface area contributed by atoms with Gasteiger partial charge in [0.15, 0.2) is 0 Å². The average Bonchev–Trinajstić information content (AvgIpc) is 2.83. The number of amides is 1. The van der Waals surface area contributed by atoms with E-state index in [4.69, 9.17) is 4.74 Å². The fourth-order valence-electron chi connectivity index (χ4n) is 3.74. The molecule has 0 spiro atoms. The largest absolute Gasteiger partial charge is 0.497 e. The maximum atomic E-state index is 13.7. The molecule has 0 unspecified atom stereocenters. The molecule has 3 aromatic rings. The Balaban J connectivity index is 1.66. The van der Waals surface area contributed by atoms with E-state index in [-0.39, 0.29) is 25.3 Å². The predicted octanol–water partition coefficient (Wildman–Crippen LogP) is 4.12. The van der Waals surface area contributed by atoms with E-state index in [1.807, 2.05) is 54.8 Å². The lowest BCUT2D eigenvalue weighted by Gasteiger charge is -2.25. The molecule has 0 heterocycles. The first-order valence-corrected chi connectivity index (χ1v) is 12.5. The van der Waals surface area contributed by atoms with E-state index < -0.39 is 23.8 Å². The van der Waals surface area contributed by atoms with E-state index in [0.717, 1.165) is 27.8 Å². The van der Waals surface area contributed by atoms with Crippen LogP contribution in [0.3, 0.4) is 0 Å². The fourth-order valence-corrected chi connectivity index (χ4v) is 4.15. The molecule has 0 aliphatic carbocycles. The lowest BCUT2D eigenvalue weighted by atomic mass is 10.00. The number of rotatable bonds is 12. The van der Waals surface area contributed by atoms with E-state index in [9.17, 15) is 18.7 Å². The van der Waals surface area contributed by atoms with Crippen LogP contribution in [0, 0.1) is 11.6 Å². The van der Waals surface area contributed by atoms with Crippen LogP contribution in [0.4, 0.5) is 8.78 Å². The minimum absolute atomic E-state index is 0.0772. The van der Waals surface area contributed by atoms with Gasteiger partial charge in [0.2, 0.25) is 5.91 Å². The summed E-state index contributed by atoms with van der Waals surface area (Å²) in [6, 6.07) is 17.7. The monoisotopic (exact) mass is 500 g/mol. The van der Waals surface area contributed by atoms with Crippen molar-refractivity contribution in [2.45, 2.75) is 36.4 Å². The molecule has 0 radical (unpaired) electrons. The number of benzene rings is 3. The second-order valence-corrected chi connectivity index (χ2v) is 9.11. The molecule has 3 N–H and O–H groups in total. The highest BCUT2D eigenvalue weighted by Crippen LogP contribution is 2.16. The van der Waals surface area contributed by atoms with Gasteiger partial charge >= 0.3 is 0 Å². The van der Waals surface area contributed by atoms with Crippen LogP contribution in [-0.4, -0.2) is 43.1 Å². The third-order valence-electron chi connectivity index (χ3n) is 5.53. The summed E-state index contributed by atoms with van der Waals surface area (Å²) in [6.07, 6.45) is 1.20. The number of aliphatic hydroxyl groups excluding tert-OH is 1. The van der Waals surface area contributed by atoms with E-state index in [1.165, 1.54) is 12.1 Å². The Morgan fingerprint density at radius 2 is 1.71 bits per heavy atom. The molecule has 0 aliphatic heterocycles. The zero-order valence-electron chi connectivity index (χ0n) is 19.8. The summed E-state index contributed by atoms with van der Waals surface area (Å²) in [5.41, 5.74) is 2.16. The molecule has 0 fully saturated rings. The molecular weight excluding hydrogens is 470 g/mol. The first kappa shape index (κ1) is 26.7. The Labute approximate surface area is 208 Å². The number of halogens is 2. The van der Waals surface area contributed by atoms with Gasteiger partial charge in [0, 0.05) is 24.1 Å². The van der Waals surface area contributed by atoms with Gasteiger partial charge in [0.1, 0.15) is 17.4 Å². The fraction of sp³-hybridized carbons (Fsp3) is 0.296. The van der Waals surface area contributed by atoms with Gasteiger partial charge in [-0.25, -0.2) is 8.78 Å². The van der Waals surface area contributed by atoms with E-state index in [0.29, 0.717) is 12.1 Å². The Bertz CT molecular complexity index is 1090. The van der Waals surface area contributed by atoms with E-state index in [1.54, 1.807) is 18.9 Å². The van der Waals surface area contributed by atoms with E-state index in [2.05, 4.69) is 10.6 Å². The average molecular weight is 501 g/mol. The zero-order chi connectivity index (χ0) is 25.2. The standard InChI is InChI=1S/C27H30F2N2O3S/c1-34-23-5-3-4-19(12-23)16-30-17-26(32)25(13-20-10-21(28)15-22(29)11-20)31-27(33)14-18-6-8-24(35-2)9-7-18/h3-12,15,25-26,30,32H,13-14,16-17H2,1-2H3,(H,31,33)/t25-,26+/m0/s1. The summed E-state index contributed by atoms with van der Waals surface area (Å²) in [6.45, 7) is 0.647. The van der Waals surface area contributed by atoms with Crippen molar-refractivity contribution in [2.75, 3.05) is 19.9 Å². The highest BCUT2D eigenvalue weighted by Gasteiger charge is 2.22. The number of ether oxygens (including phenoxy) is 1. The number of thioether (sulfide) groups is 1. The number of methoxy groups -OCH3 is 1. The molecule has 0 aliphatic rings. The molecule has 35 heavy (non-hydrogen) atoms. The van der Waals surface area contributed by atoms with Crippen LogP contribution in [0.25, 0.3) is 0 Å². The summed E-state index contributed by atoms with van der Waals surface area (Å²) in [5.74, 6) is -0.960. The second kappa shape index (κ2) is 13.2. The van der Waals surface area contributed by atoms with Gasteiger partial charge in [0.05, 0.1) is 25.7 Å². The minimum atomic E-state index is -0.991. The molecular formula is C27H30F2N2O3S. The molecule has 3 aromatic carbocycles. The number of carbonyl (C=O) groups excluding carboxylic acids is 1. The van der Waals surface area contributed by atoms with Gasteiger partial charge in [0.25, 0.3) is 0 Å². The van der Waals surface area contributed by atoms with Gasteiger partial charge in [-0.3, -0.25) is 4.79 Å². The molecule has 0 bridgehead atoms. The lowest BCUT2D eigenvalue weighted by molar-refractivity contribution is -0.122. The third kappa shape index (κ3) is 8.65. The van der Waals surface area contributed by atoms with Crippen molar-refractivity contribution < 1.29 is 23.4 Å². The molecule has 186 valence electrons. The summed E-state index contributed by atoms with van der Waals surface area (Å²) in [4.78, 5) is 13.9. The summed E-state index contributed by atoms with van der Waals surface area (Å²) in [5, 5.41) is 16.9. The summed E-state index contributed by atoms with van der Waals surface area (Å²) in [7, 11) is 1.59. The van der Waals surface area contributed by atoms with Crippen molar-refractivity contribution in [1.29, 1.82) is 0 Å². The van der Waals surface area contributed by atoms with Crippen LogP contribution in [0.5, 0.6) is 5.75 Å². The number of hydrogen-bond acceptors (Lipinski definition) is 5.